The highest BCUT2D eigenvalue weighted by Crippen LogP contribution is 2.24. The smallest absolute Gasteiger partial charge is 0.243 e. The van der Waals surface area contributed by atoms with Crippen LogP contribution < -0.4 is 0 Å². The minimum absolute atomic E-state index is 0.147. The van der Waals surface area contributed by atoms with Crippen LogP contribution in [0, 0.1) is 5.82 Å². The molecule has 1 aliphatic rings. The third-order valence-corrected chi connectivity index (χ3v) is 6.47. The molecule has 1 saturated heterocycles. The second-order valence-corrected chi connectivity index (χ2v) is 7.92. The summed E-state index contributed by atoms with van der Waals surface area (Å²) in [5.41, 5.74) is 1.23. The van der Waals surface area contributed by atoms with Gasteiger partial charge in [0.2, 0.25) is 10.0 Å². The van der Waals surface area contributed by atoms with Gasteiger partial charge >= 0.3 is 0 Å². The predicted molar refractivity (Wildman–Crippen MR) is 91.6 cm³/mol. The number of piperazine rings is 1. The fourth-order valence-corrected chi connectivity index (χ4v) is 4.45. The van der Waals surface area contributed by atoms with E-state index in [-0.39, 0.29) is 10.9 Å². The molecule has 2 aromatic carbocycles. The van der Waals surface area contributed by atoms with E-state index in [0.29, 0.717) is 26.2 Å². The highest BCUT2D eigenvalue weighted by atomic mass is 32.2. The molecule has 0 unspecified atom stereocenters. The van der Waals surface area contributed by atoms with E-state index in [0.717, 1.165) is 0 Å². The molecule has 2 aromatic rings. The molecule has 0 aromatic heterocycles. The molecule has 6 heteroatoms. The van der Waals surface area contributed by atoms with E-state index in [4.69, 9.17) is 0 Å². The number of nitrogens with zero attached hydrogens (tertiary/aromatic N) is 2. The Kier molecular flexibility index (Phi) is 4.99. The summed E-state index contributed by atoms with van der Waals surface area (Å²) in [5.74, 6) is -0.435. The molecular weight excluding hydrogens is 327 g/mol. The van der Waals surface area contributed by atoms with Gasteiger partial charge in [0, 0.05) is 32.2 Å². The zero-order chi connectivity index (χ0) is 17.2. The Balaban J connectivity index is 1.67. The van der Waals surface area contributed by atoms with Gasteiger partial charge in [-0.3, -0.25) is 4.90 Å². The summed E-state index contributed by atoms with van der Waals surface area (Å²) in [6.45, 7) is 4.38. The van der Waals surface area contributed by atoms with Crippen LogP contribution in [0.4, 0.5) is 4.39 Å². The molecule has 0 spiro atoms. The van der Waals surface area contributed by atoms with Gasteiger partial charge in [-0.1, -0.05) is 30.3 Å². The molecule has 4 nitrogen and oxygen atoms in total. The summed E-state index contributed by atoms with van der Waals surface area (Å²) in [6, 6.07) is 15.5. The van der Waals surface area contributed by atoms with Crippen molar-refractivity contribution in [3.63, 3.8) is 0 Å². The summed E-state index contributed by atoms with van der Waals surface area (Å²) in [7, 11) is -3.55. The van der Waals surface area contributed by atoms with Gasteiger partial charge in [0.15, 0.2) is 0 Å². The van der Waals surface area contributed by atoms with Crippen molar-refractivity contribution in [2.24, 2.45) is 0 Å². The monoisotopic (exact) mass is 348 g/mol. The van der Waals surface area contributed by atoms with Crippen molar-refractivity contribution in [3.8, 4) is 0 Å². The van der Waals surface area contributed by atoms with Crippen molar-refractivity contribution in [3.05, 3.63) is 66.0 Å². The lowest BCUT2D eigenvalue weighted by Crippen LogP contribution is -2.49. The van der Waals surface area contributed by atoms with E-state index < -0.39 is 15.8 Å². The van der Waals surface area contributed by atoms with Crippen LogP contribution in [-0.2, 0) is 10.0 Å². The standard InChI is InChI=1S/C18H21FN2O2S/c1-15(16-5-3-2-4-6-16)20-11-13-21(14-12-20)24(22,23)18-9-7-17(19)8-10-18/h2-10,15H,11-14H2,1H3/t15-/m0/s1. The molecule has 0 N–H and O–H groups in total. The second kappa shape index (κ2) is 7.01. The quantitative estimate of drug-likeness (QED) is 0.853. The number of hydrogen-bond acceptors (Lipinski definition) is 3. The second-order valence-electron chi connectivity index (χ2n) is 5.98. The lowest BCUT2D eigenvalue weighted by molar-refractivity contribution is 0.146. The average Bonchev–Trinajstić information content (AvgIpc) is 2.62. The fraction of sp³-hybridized carbons (Fsp3) is 0.333. The number of halogens is 1. The first-order chi connectivity index (χ1) is 11.5. The maximum absolute atomic E-state index is 13.0. The van der Waals surface area contributed by atoms with Crippen LogP contribution in [0.25, 0.3) is 0 Å². The van der Waals surface area contributed by atoms with Gasteiger partial charge in [-0.15, -0.1) is 0 Å². The SMILES string of the molecule is C[C@@H](c1ccccc1)N1CCN(S(=O)(=O)c2ccc(F)cc2)CC1. The third kappa shape index (κ3) is 3.50. The Morgan fingerprint density at radius 2 is 1.50 bits per heavy atom. The molecule has 3 rings (SSSR count). The van der Waals surface area contributed by atoms with E-state index >= 15 is 0 Å². The van der Waals surface area contributed by atoms with E-state index in [2.05, 4.69) is 24.0 Å². The first-order valence-corrected chi connectivity index (χ1v) is 9.47. The van der Waals surface area contributed by atoms with E-state index in [1.807, 2.05) is 18.2 Å². The molecule has 0 saturated carbocycles. The summed E-state index contributed by atoms with van der Waals surface area (Å²) in [6.07, 6.45) is 0. The molecule has 0 aliphatic carbocycles. The Morgan fingerprint density at radius 3 is 2.08 bits per heavy atom. The van der Waals surface area contributed by atoms with E-state index in [1.165, 1.54) is 34.1 Å². The summed E-state index contributed by atoms with van der Waals surface area (Å²) < 4.78 is 39.7. The lowest BCUT2D eigenvalue weighted by Gasteiger charge is -2.37. The normalized spacial score (nSPS) is 18.4. The van der Waals surface area contributed by atoms with Gasteiger partial charge < -0.3 is 0 Å². The lowest BCUT2D eigenvalue weighted by atomic mass is 10.1. The first-order valence-electron chi connectivity index (χ1n) is 8.03. The van der Waals surface area contributed by atoms with Gasteiger partial charge in [0.05, 0.1) is 4.90 Å². The Morgan fingerprint density at radius 1 is 0.917 bits per heavy atom. The van der Waals surface area contributed by atoms with Gasteiger partial charge in [0.1, 0.15) is 5.82 Å². The summed E-state index contributed by atoms with van der Waals surface area (Å²) >= 11 is 0. The topological polar surface area (TPSA) is 40.6 Å². The predicted octanol–water partition coefficient (Wildman–Crippen LogP) is 2.89. The van der Waals surface area contributed by atoms with Crippen molar-refractivity contribution in [2.75, 3.05) is 26.2 Å². The van der Waals surface area contributed by atoms with Crippen LogP contribution in [0.1, 0.15) is 18.5 Å². The van der Waals surface area contributed by atoms with Crippen molar-refractivity contribution in [2.45, 2.75) is 17.9 Å². The number of benzene rings is 2. The molecule has 1 aliphatic heterocycles. The zero-order valence-corrected chi connectivity index (χ0v) is 14.4. The van der Waals surface area contributed by atoms with Gasteiger partial charge in [-0.25, -0.2) is 12.8 Å². The molecular formula is C18H21FN2O2S. The molecule has 1 fully saturated rings. The largest absolute Gasteiger partial charge is 0.294 e. The van der Waals surface area contributed by atoms with Crippen LogP contribution >= 0.6 is 0 Å². The molecule has 0 radical (unpaired) electrons. The van der Waals surface area contributed by atoms with Crippen LogP contribution in [-0.4, -0.2) is 43.8 Å². The van der Waals surface area contributed by atoms with Crippen molar-refractivity contribution >= 4 is 10.0 Å². The van der Waals surface area contributed by atoms with Crippen LogP contribution in [0.2, 0.25) is 0 Å². The van der Waals surface area contributed by atoms with Crippen LogP contribution in [0.15, 0.2) is 59.5 Å². The summed E-state index contributed by atoms with van der Waals surface area (Å²) in [5, 5.41) is 0. The Bertz CT molecular complexity index is 770. The number of rotatable bonds is 4. The number of sulfonamides is 1. The van der Waals surface area contributed by atoms with Gasteiger partial charge in [-0.2, -0.15) is 4.31 Å². The maximum atomic E-state index is 13.0. The van der Waals surface area contributed by atoms with Crippen molar-refractivity contribution < 1.29 is 12.8 Å². The maximum Gasteiger partial charge on any atom is 0.243 e. The molecule has 0 amide bonds. The van der Waals surface area contributed by atoms with Crippen LogP contribution in [0.5, 0.6) is 0 Å². The Hall–Kier alpha value is -1.76. The number of hydrogen-bond donors (Lipinski definition) is 0. The van der Waals surface area contributed by atoms with Gasteiger partial charge in [-0.05, 0) is 36.8 Å². The van der Waals surface area contributed by atoms with Crippen LogP contribution in [0.3, 0.4) is 0 Å². The van der Waals surface area contributed by atoms with E-state index in [1.54, 1.807) is 0 Å². The molecule has 128 valence electrons. The minimum Gasteiger partial charge on any atom is -0.294 e. The van der Waals surface area contributed by atoms with Crippen molar-refractivity contribution in [1.82, 2.24) is 9.21 Å². The highest BCUT2D eigenvalue weighted by molar-refractivity contribution is 7.89. The fourth-order valence-electron chi connectivity index (χ4n) is 3.03. The highest BCUT2D eigenvalue weighted by Gasteiger charge is 2.30. The molecule has 1 atom stereocenters. The molecule has 24 heavy (non-hydrogen) atoms. The van der Waals surface area contributed by atoms with Crippen molar-refractivity contribution in [1.29, 1.82) is 0 Å². The minimum atomic E-state index is -3.55. The third-order valence-electron chi connectivity index (χ3n) is 4.55. The first kappa shape index (κ1) is 17.1. The Labute approximate surface area is 142 Å². The summed E-state index contributed by atoms with van der Waals surface area (Å²) in [4.78, 5) is 2.43. The van der Waals surface area contributed by atoms with E-state index in [9.17, 15) is 12.8 Å². The average molecular weight is 348 g/mol. The van der Waals surface area contributed by atoms with Gasteiger partial charge in [0.25, 0.3) is 0 Å². The molecule has 0 bridgehead atoms. The molecule has 1 heterocycles. The zero-order valence-electron chi connectivity index (χ0n) is 13.6.